The highest BCUT2D eigenvalue weighted by atomic mass is 16.6. The van der Waals surface area contributed by atoms with Crippen LogP contribution in [0.3, 0.4) is 0 Å². The molecule has 0 aromatic rings. The minimum absolute atomic E-state index is 0.205. The number of hydrogen-bond acceptors (Lipinski definition) is 4. The Hall–Kier alpha value is -0.610. The number of rotatable bonds is 4. The average molecular weight is 161 g/mol. The summed E-state index contributed by atoms with van der Waals surface area (Å²) >= 11 is 0. The molecule has 0 heterocycles. The van der Waals surface area contributed by atoms with Crippen LogP contribution in [0.25, 0.3) is 0 Å². The lowest BCUT2D eigenvalue weighted by Gasteiger charge is -2.12. The fourth-order valence-electron chi connectivity index (χ4n) is 0.531. The van der Waals surface area contributed by atoms with Crippen LogP contribution in [0.1, 0.15) is 13.3 Å². The number of ether oxygens (including phenoxy) is 1. The molecule has 1 N–H and O–H groups in total. The lowest BCUT2D eigenvalue weighted by atomic mass is 10.5. The van der Waals surface area contributed by atoms with E-state index in [0.717, 1.165) is 0 Å². The first-order valence-corrected chi connectivity index (χ1v) is 3.58. The Morgan fingerprint density at radius 3 is 2.55 bits per heavy atom. The molecular weight excluding hydrogens is 146 g/mol. The molecule has 0 amide bonds. The summed E-state index contributed by atoms with van der Waals surface area (Å²) in [6.07, 6.45) is -0.526. The van der Waals surface area contributed by atoms with Crippen molar-refractivity contribution in [3.63, 3.8) is 0 Å². The van der Waals surface area contributed by atoms with Gasteiger partial charge >= 0.3 is 5.97 Å². The molecule has 0 radical (unpaired) electrons. The van der Waals surface area contributed by atoms with E-state index in [1.54, 1.807) is 25.9 Å². The molecule has 0 aromatic heterocycles. The molecule has 0 aliphatic heterocycles. The number of carbonyl (C=O) groups excluding carboxylic acids is 1. The van der Waals surface area contributed by atoms with Crippen molar-refractivity contribution < 1.29 is 14.6 Å². The molecule has 0 saturated carbocycles. The Bertz CT molecular complexity index is 125. The van der Waals surface area contributed by atoms with Crippen molar-refractivity contribution in [3.8, 4) is 0 Å². The van der Waals surface area contributed by atoms with Crippen molar-refractivity contribution in [2.75, 3.05) is 20.6 Å². The largest absolute Gasteiger partial charge is 0.435 e. The van der Waals surface area contributed by atoms with Crippen molar-refractivity contribution in [2.24, 2.45) is 0 Å². The normalized spacial score (nSPS) is 13.2. The Kier molecular flexibility index (Phi) is 4.81. The summed E-state index contributed by atoms with van der Waals surface area (Å²) in [5.74, 6) is -0.399. The first-order valence-electron chi connectivity index (χ1n) is 3.58. The van der Waals surface area contributed by atoms with Gasteiger partial charge in [-0.05, 0) is 14.1 Å². The molecule has 1 atom stereocenters. The van der Waals surface area contributed by atoms with E-state index in [1.165, 1.54) is 0 Å². The number of likely N-dealkylation sites (N-methyl/N-ethyl adjacent to an activating group) is 1. The van der Waals surface area contributed by atoms with E-state index in [-0.39, 0.29) is 6.54 Å². The first-order chi connectivity index (χ1) is 5.06. The van der Waals surface area contributed by atoms with E-state index >= 15 is 0 Å². The number of aliphatic hydroxyl groups excluding tert-OH is 1. The fourth-order valence-corrected chi connectivity index (χ4v) is 0.531. The first kappa shape index (κ1) is 10.4. The number of hydrogen-bond donors (Lipinski definition) is 1. The standard InChI is InChI=1S/C7H15NO3/c1-4-6(9)11-7(10)5-8(2)3/h6,9H,4-5H2,1-3H3. The third kappa shape index (κ3) is 5.82. The van der Waals surface area contributed by atoms with Crippen LogP contribution >= 0.6 is 0 Å². The van der Waals surface area contributed by atoms with Crippen molar-refractivity contribution >= 4 is 5.97 Å². The zero-order chi connectivity index (χ0) is 8.85. The number of aliphatic hydroxyl groups is 1. The Morgan fingerprint density at radius 1 is 1.64 bits per heavy atom. The Balaban J connectivity index is 3.52. The molecular formula is C7H15NO3. The van der Waals surface area contributed by atoms with E-state index in [0.29, 0.717) is 6.42 Å². The molecule has 0 aromatic carbocycles. The van der Waals surface area contributed by atoms with Crippen LogP contribution in [0.15, 0.2) is 0 Å². The van der Waals surface area contributed by atoms with E-state index in [1.807, 2.05) is 0 Å². The summed E-state index contributed by atoms with van der Waals surface area (Å²) in [6.45, 7) is 1.95. The van der Waals surface area contributed by atoms with Gasteiger partial charge in [0.1, 0.15) is 0 Å². The maximum atomic E-state index is 10.8. The molecule has 4 heteroatoms. The van der Waals surface area contributed by atoms with Crippen LogP contribution < -0.4 is 0 Å². The number of nitrogens with zero attached hydrogens (tertiary/aromatic N) is 1. The van der Waals surface area contributed by atoms with Gasteiger partial charge in [-0.2, -0.15) is 0 Å². The second-order valence-corrected chi connectivity index (χ2v) is 2.59. The van der Waals surface area contributed by atoms with Gasteiger partial charge < -0.3 is 9.84 Å². The van der Waals surface area contributed by atoms with Gasteiger partial charge in [0.2, 0.25) is 0 Å². The van der Waals surface area contributed by atoms with Gasteiger partial charge in [0.05, 0.1) is 6.54 Å². The second kappa shape index (κ2) is 5.09. The maximum absolute atomic E-state index is 10.8. The predicted octanol–water partition coefficient (Wildman–Crippen LogP) is -0.180. The molecule has 0 fully saturated rings. The molecule has 66 valence electrons. The highest BCUT2D eigenvalue weighted by Crippen LogP contribution is 1.93. The summed E-state index contributed by atoms with van der Waals surface area (Å²) < 4.78 is 4.59. The average Bonchev–Trinajstić information content (AvgIpc) is 1.85. The highest BCUT2D eigenvalue weighted by molar-refractivity contribution is 5.71. The van der Waals surface area contributed by atoms with Gasteiger partial charge in [-0.25, -0.2) is 0 Å². The third-order valence-electron chi connectivity index (χ3n) is 1.06. The molecule has 11 heavy (non-hydrogen) atoms. The predicted molar refractivity (Wildman–Crippen MR) is 40.9 cm³/mol. The zero-order valence-electron chi connectivity index (χ0n) is 7.20. The molecule has 0 aliphatic carbocycles. The number of carbonyl (C=O) groups is 1. The molecule has 0 aliphatic rings. The van der Waals surface area contributed by atoms with Gasteiger partial charge in [0.15, 0.2) is 6.29 Å². The number of esters is 1. The minimum atomic E-state index is -0.956. The monoisotopic (exact) mass is 161 g/mol. The minimum Gasteiger partial charge on any atom is -0.435 e. The maximum Gasteiger partial charge on any atom is 0.322 e. The van der Waals surface area contributed by atoms with E-state index in [4.69, 9.17) is 5.11 Å². The van der Waals surface area contributed by atoms with Crippen LogP contribution in [-0.2, 0) is 9.53 Å². The zero-order valence-corrected chi connectivity index (χ0v) is 7.20. The second-order valence-electron chi connectivity index (χ2n) is 2.59. The molecule has 0 spiro atoms. The third-order valence-corrected chi connectivity index (χ3v) is 1.06. The van der Waals surface area contributed by atoms with Crippen molar-refractivity contribution in [1.29, 1.82) is 0 Å². The van der Waals surface area contributed by atoms with E-state index in [9.17, 15) is 4.79 Å². The molecule has 0 bridgehead atoms. The van der Waals surface area contributed by atoms with Crippen LogP contribution in [0, 0.1) is 0 Å². The van der Waals surface area contributed by atoms with Crippen LogP contribution in [-0.4, -0.2) is 42.9 Å². The fraction of sp³-hybridized carbons (Fsp3) is 0.857. The summed E-state index contributed by atoms with van der Waals surface area (Å²) in [6, 6.07) is 0. The van der Waals surface area contributed by atoms with Crippen LogP contribution in [0.4, 0.5) is 0 Å². The summed E-state index contributed by atoms with van der Waals surface area (Å²) in [7, 11) is 3.53. The molecule has 0 saturated heterocycles. The van der Waals surface area contributed by atoms with Gasteiger partial charge in [0, 0.05) is 6.42 Å². The highest BCUT2D eigenvalue weighted by Gasteiger charge is 2.08. The lowest BCUT2D eigenvalue weighted by Crippen LogP contribution is -2.27. The van der Waals surface area contributed by atoms with Gasteiger partial charge in [-0.15, -0.1) is 0 Å². The van der Waals surface area contributed by atoms with Crippen molar-refractivity contribution in [3.05, 3.63) is 0 Å². The lowest BCUT2D eigenvalue weighted by molar-refractivity contribution is -0.168. The van der Waals surface area contributed by atoms with E-state index in [2.05, 4.69) is 4.74 Å². The smallest absolute Gasteiger partial charge is 0.322 e. The van der Waals surface area contributed by atoms with Gasteiger partial charge in [0.25, 0.3) is 0 Å². The molecule has 4 nitrogen and oxygen atoms in total. The SMILES string of the molecule is CCC(O)OC(=O)CN(C)C. The van der Waals surface area contributed by atoms with Crippen LogP contribution in [0.5, 0.6) is 0 Å². The molecule has 0 rings (SSSR count). The molecule has 1 unspecified atom stereocenters. The van der Waals surface area contributed by atoms with Gasteiger partial charge in [-0.1, -0.05) is 6.92 Å². The summed E-state index contributed by atoms with van der Waals surface area (Å²) in [5, 5.41) is 8.88. The topological polar surface area (TPSA) is 49.8 Å². The summed E-state index contributed by atoms with van der Waals surface area (Å²) in [5.41, 5.74) is 0. The Labute approximate surface area is 66.8 Å². The Morgan fingerprint density at radius 2 is 2.18 bits per heavy atom. The van der Waals surface area contributed by atoms with Crippen molar-refractivity contribution in [1.82, 2.24) is 4.90 Å². The van der Waals surface area contributed by atoms with Crippen LogP contribution in [0.2, 0.25) is 0 Å². The summed E-state index contributed by atoms with van der Waals surface area (Å²) in [4.78, 5) is 12.5. The van der Waals surface area contributed by atoms with Gasteiger partial charge in [-0.3, -0.25) is 9.69 Å². The quantitative estimate of drug-likeness (QED) is 0.459. The van der Waals surface area contributed by atoms with E-state index < -0.39 is 12.3 Å². The van der Waals surface area contributed by atoms with Crippen molar-refractivity contribution in [2.45, 2.75) is 19.6 Å².